The molecule has 1 aromatic rings. The van der Waals surface area contributed by atoms with E-state index in [0.29, 0.717) is 32.3 Å². The highest BCUT2D eigenvalue weighted by Crippen LogP contribution is 2.27. The summed E-state index contributed by atoms with van der Waals surface area (Å²) in [6.07, 6.45) is 5.49. The minimum absolute atomic E-state index is 0.252. The number of likely N-dealkylation sites (tertiary alicyclic amines) is 1. The molecule has 0 spiro atoms. The number of guanidine groups is 1. The number of hydrogen-bond acceptors (Lipinski definition) is 4. The van der Waals surface area contributed by atoms with Crippen LogP contribution in [0.4, 0.5) is 0 Å². The van der Waals surface area contributed by atoms with Crippen LogP contribution in [0, 0.1) is 5.92 Å². The van der Waals surface area contributed by atoms with Crippen LogP contribution in [0.25, 0.3) is 0 Å². The van der Waals surface area contributed by atoms with E-state index in [9.17, 15) is 4.79 Å². The van der Waals surface area contributed by atoms with Gasteiger partial charge in [-0.05, 0) is 37.3 Å². The first kappa shape index (κ1) is 23.5. The van der Waals surface area contributed by atoms with Gasteiger partial charge in [-0.3, -0.25) is 9.79 Å². The molecule has 7 nitrogen and oxygen atoms in total. The van der Waals surface area contributed by atoms with Gasteiger partial charge in [0.25, 0.3) is 0 Å². The van der Waals surface area contributed by atoms with Gasteiger partial charge >= 0.3 is 0 Å². The molecule has 172 valence electrons. The fourth-order valence-electron chi connectivity index (χ4n) is 4.36. The van der Waals surface area contributed by atoms with E-state index in [1.54, 1.807) is 7.05 Å². The molecule has 1 heterocycles. The van der Waals surface area contributed by atoms with Gasteiger partial charge in [-0.15, -0.1) is 0 Å². The Morgan fingerprint density at radius 3 is 2.71 bits per heavy atom. The maximum absolute atomic E-state index is 12.7. The van der Waals surface area contributed by atoms with Gasteiger partial charge in [0.05, 0.1) is 19.8 Å². The molecule has 2 aliphatic rings. The van der Waals surface area contributed by atoms with E-state index < -0.39 is 0 Å². The molecule has 1 saturated carbocycles. The highest BCUT2D eigenvalue weighted by atomic mass is 16.5. The average Bonchev–Trinajstić information content (AvgIpc) is 3.49. The molecule has 2 N–H and O–H groups in total. The zero-order valence-corrected chi connectivity index (χ0v) is 19.1. The van der Waals surface area contributed by atoms with Gasteiger partial charge in [-0.2, -0.15) is 0 Å². The maximum atomic E-state index is 12.7. The zero-order chi connectivity index (χ0) is 21.9. The van der Waals surface area contributed by atoms with Crippen molar-refractivity contribution in [3.05, 3.63) is 35.4 Å². The van der Waals surface area contributed by atoms with Crippen molar-refractivity contribution in [3.63, 3.8) is 0 Å². The number of aliphatic imine (C=N–C) groups is 1. The number of hydrogen-bond donors (Lipinski definition) is 2. The SMILES string of the molecule is CCOCCOCc1cccc(CNC(=NC)NC2CCN(C(=O)C3CCCC3)C2)c1. The lowest BCUT2D eigenvalue weighted by Gasteiger charge is -2.21. The Balaban J connectivity index is 1.40. The normalized spacial score (nSPS) is 19.7. The van der Waals surface area contributed by atoms with Crippen LogP contribution in [0.1, 0.15) is 50.2 Å². The third kappa shape index (κ3) is 7.51. The van der Waals surface area contributed by atoms with Crippen LogP contribution in [0.2, 0.25) is 0 Å². The summed E-state index contributed by atoms with van der Waals surface area (Å²) in [6, 6.07) is 8.63. The van der Waals surface area contributed by atoms with Gasteiger partial charge in [0.2, 0.25) is 5.91 Å². The first-order valence-corrected chi connectivity index (χ1v) is 11.7. The van der Waals surface area contributed by atoms with Crippen LogP contribution in [0.15, 0.2) is 29.3 Å². The molecular formula is C24H38N4O3. The first-order chi connectivity index (χ1) is 15.2. The Kier molecular flexibility index (Phi) is 9.62. The molecule has 0 radical (unpaired) electrons. The largest absolute Gasteiger partial charge is 0.379 e. The van der Waals surface area contributed by atoms with Gasteiger partial charge in [0.1, 0.15) is 0 Å². The van der Waals surface area contributed by atoms with Gasteiger partial charge in [0, 0.05) is 45.2 Å². The van der Waals surface area contributed by atoms with E-state index in [1.807, 2.05) is 11.8 Å². The predicted octanol–water partition coefficient (Wildman–Crippen LogP) is 2.70. The Labute approximate surface area is 186 Å². The van der Waals surface area contributed by atoms with Crippen molar-refractivity contribution in [3.8, 4) is 0 Å². The minimum atomic E-state index is 0.252. The van der Waals surface area contributed by atoms with Crippen LogP contribution in [-0.2, 0) is 27.4 Å². The van der Waals surface area contributed by atoms with Crippen molar-refractivity contribution in [1.29, 1.82) is 0 Å². The lowest BCUT2D eigenvalue weighted by atomic mass is 10.1. The Morgan fingerprint density at radius 1 is 1.16 bits per heavy atom. The molecule has 3 rings (SSSR count). The minimum Gasteiger partial charge on any atom is -0.379 e. The predicted molar refractivity (Wildman–Crippen MR) is 123 cm³/mol. The van der Waals surface area contributed by atoms with Crippen molar-refractivity contribution in [2.75, 3.05) is 40.0 Å². The lowest BCUT2D eigenvalue weighted by molar-refractivity contribution is -0.134. The van der Waals surface area contributed by atoms with Crippen molar-refractivity contribution in [2.24, 2.45) is 10.9 Å². The second-order valence-electron chi connectivity index (χ2n) is 8.39. The highest BCUT2D eigenvalue weighted by molar-refractivity contribution is 5.81. The molecule has 1 saturated heterocycles. The van der Waals surface area contributed by atoms with Gasteiger partial charge in [0.15, 0.2) is 5.96 Å². The molecular weight excluding hydrogens is 392 g/mol. The number of benzene rings is 1. The van der Waals surface area contributed by atoms with Crippen molar-refractivity contribution < 1.29 is 14.3 Å². The number of nitrogens with zero attached hydrogens (tertiary/aromatic N) is 2. The molecule has 31 heavy (non-hydrogen) atoms. The molecule has 0 aromatic heterocycles. The standard InChI is InChI=1S/C24H38N4O3/c1-3-30-13-14-31-18-20-8-6-7-19(15-20)16-26-24(25-2)27-22-11-12-28(17-22)23(29)21-9-4-5-10-21/h6-8,15,21-22H,3-5,9-14,16-18H2,1-2H3,(H2,25,26,27). The molecule has 1 amide bonds. The smallest absolute Gasteiger partial charge is 0.225 e. The first-order valence-electron chi connectivity index (χ1n) is 11.7. The third-order valence-electron chi connectivity index (χ3n) is 6.06. The average molecular weight is 431 g/mol. The van der Waals surface area contributed by atoms with Gasteiger partial charge in [-0.1, -0.05) is 37.1 Å². The van der Waals surface area contributed by atoms with Crippen LogP contribution >= 0.6 is 0 Å². The van der Waals surface area contributed by atoms with Crippen LogP contribution in [-0.4, -0.2) is 62.8 Å². The number of carbonyl (C=O) groups excluding carboxylic acids is 1. The van der Waals surface area contributed by atoms with E-state index in [0.717, 1.165) is 50.5 Å². The van der Waals surface area contributed by atoms with Gasteiger partial charge < -0.3 is 25.0 Å². The molecule has 1 aliphatic carbocycles. The topological polar surface area (TPSA) is 75.2 Å². The van der Waals surface area contributed by atoms with Crippen molar-refractivity contribution in [2.45, 2.75) is 58.2 Å². The fourth-order valence-corrected chi connectivity index (χ4v) is 4.36. The molecule has 1 unspecified atom stereocenters. The molecule has 7 heteroatoms. The molecule has 1 atom stereocenters. The fraction of sp³-hybridized carbons (Fsp3) is 0.667. The summed E-state index contributed by atoms with van der Waals surface area (Å²) in [5.41, 5.74) is 2.33. The van der Waals surface area contributed by atoms with Gasteiger partial charge in [-0.25, -0.2) is 0 Å². The summed E-state index contributed by atoms with van der Waals surface area (Å²) in [5, 5.41) is 6.88. The monoisotopic (exact) mass is 430 g/mol. The number of amides is 1. The number of ether oxygens (including phenoxy) is 2. The Hall–Kier alpha value is -2.12. The molecule has 1 aromatic carbocycles. The van der Waals surface area contributed by atoms with Crippen molar-refractivity contribution >= 4 is 11.9 Å². The number of nitrogens with one attached hydrogen (secondary N) is 2. The highest BCUT2D eigenvalue weighted by Gasteiger charge is 2.32. The molecule has 2 fully saturated rings. The summed E-state index contributed by atoms with van der Waals surface area (Å²) in [4.78, 5) is 19.1. The second kappa shape index (κ2) is 12.7. The van der Waals surface area contributed by atoms with Crippen LogP contribution in [0.5, 0.6) is 0 Å². The van der Waals surface area contributed by atoms with E-state index >= 15 is 0 Å². The van der Waals surface area contributed by atoms with E-state index in [2.05, 4.69) is 39.9 Å². The Morgan fingerprint density at radius 2 is 1.94 bits per heavy atom. The summed E-state index contributed by atoms with van der Waals surface area (Å²) in [6.45, 7) is 6.82. The Bertz CT molecular complexity index is 719. The second-order valence-corrected chi connectivity index (χ2v) is 8.39. The van der Waals surface area contributed by atoms with E-state index in [1.165, 1.54) is 18.4 Å². The summed E-state index contributed by atoms with van der Waals surface area (Å²) in [5.74, 6) is 1.38. The zero-order valence-electron chi connectivity index (χ0n) is 19.1. The molecule has 0 bridgehead atoms. The van der Waals surface area contributed by atoms with Crippen LogP contribution in [0.3, 0.4) is 0 Å². The summed E-state index contributed by atoms with van der Waals surface area (Å²) >= 11 is 0. The van der Waals surface area contributed by atoms with E-state index in [4.69, 9.17) is 9.47 Å². The maximum Gasteiger partial charge on any atom is 0.225 e. The quantitative estimate of drug-likeness (QED) is 0.339. The summed E-state index contributed by atoms with van der Waals surface area (Å²) < 4.78 is 11.0. The lowest BCUT2D eigenvalue weighted by Crippen LogP contribution is -2.45. The third-order valence-corrected chi connectivity index (χ3v) is 6.06. The summed E-state index contributed by atoms with van der Waals surface area (Å²) in [7, 11) is 1.79. The molecule has 1 aliphatic heterocycles. The van der Waals surface area contributed by atoms with E-state index in [-0.39, 0.29) is 12.0 Å². The number of rotatable bonds is 10. The van der Waals surface area contributed by atoms with Crippen LogP contribution < -0.4 is 10.6 Å². The number of carbonyl (C=O) groups is 1. The van der Waals surface area contributed by atoms with Crippen molar-refractivity contribution in [1.82, 2.24) is 15.5 Å².